The molecule has 1 N–H and O–H groups in total. The topological polar surface area (TPSA) is 21.3 Å². The van der Waals surface area contributed by atoms with E-state index in [1.54, 1.807) is 7.11 Å². The molecular weight excluding hydrogens is 222 g/mol. The Morgan fingerprint density at radius 1 is 1.39 bits per heavy atom. The summed E-state index contributed by atoms with van der Waals surface area (Å²) in [6.07, 6.45) is 7.55. The SMILES string of the molecule is CCc1cc(CCCC2CCCN2)ccc1OC. The first-order valence-corrected chi connectivity index (χ1v) is 7.22. The molecule has 2 heteroatoms. The summed E-state index contributed by atoms with van der Waals surface area (Å²) in [4.78, 5) is 0. The van der Waals surface area contributed by atoms with Crippen LogP contribution in [0.1, 0.15) is 43.7 Å². The van der Waals surface area contributed by atoms with Gasteiger partial charge in [-0.1, -0.05) is 19.1 Å². The molecule has 1 saturated heterocycles. The van der Waals surface area contributed by atoms with Gasteiger partial charge in [0.25, 0.3) is 0 Å². The van der Waals surface area contributed by atoms with Crippen molar-refractivity contribution in [2.24, 2.45) is 0 Å². The molecule has 18 heavy (non-hydrogen) atoms. The van der Waals surface area contributed by atoms with E-state index in [4.69, 9.17) is 4.74 Å². The maximum atomic E-state index is 5.37. The van der Waals surface area contributed by atoms with Crippen molar-refractivity contribution in [1.82, 2.24) is 5.32 Å². The summed E-state index contributed by atoms with van der Waals surface area (Å²) in [5.41, 5.74) is 2.78. The van der Waals surface area contributed by atoms with Crippen molar-refractivity contribution in [3.8, 4) is 5.75 Å². The van der Waals surface area contributed by atoms with Gasteiger partial charge in [0.05, 0.1) is 7.11 Å². The number of hydrogen-bond donors (Lipinski definition) is 1. The van der Waals surface area contributed by atoms with Crippen LogP contribution in [0, 0.1) is 0 Å². The zero-order chi connectivity index (χ0) is 12.8. The van der Waals surface area contributed by atoms with Crippen LogP contribution in [0.3, 0.4) is 0 Å². The second-order valence-electron chi connectivity index (χ2n) is 5.19. The van der Waals surface area contributed by atoms with Crippen LogP contribution in [0.15, 0.2) is 18.2 Å². The highest BCUT2D eigenvalue weighted by Gasteiger charge is 2.13. The summed E-state index contributed by atoms with van der Waals surface area (Å²) >= 11 is 0. The fraction of sp³-hybridized carbons (Fsp3) is 0.625. The average Bonchev–Trinajstić information content (AvgIpc) is 2.91. The minimum absolute atomic E-state index is 0.772. The number of hydrogen-bond acceptors (Lipinski definition) is 2. The van der Waals surface area contributed by atoms with Crippen molar-refractivity contribution in [1.29, 1.82) is 0 Å². The molecule has 0 bridgehead atoms. The van der Waals surface area contributed by atoms with Gasteiger partial charge in [-0.25, -0.2) is 0 Å². The molecule has 0 saturated carbocycles. The number of benzene rings is 1. The van der Waals surface area contributed by atoms with Gasteiger partial charge >= 0.3 is 0 Å². The van der Waals surface area contributed by atoms with Crippen LogP contribution < -0.4 is 10.1 Å². The van der Waals surface area contributed by atoms with Gasteiger partial charge in [-0.2, -0.15) is 0 Å². The Bertz CT molecular complexity index is 369. The van der Waals surface area contributed by atoms with E-state index < -0.39 is 0 Å². The maximum absolute atomic E-state index is 5.37. The highest BCUT2D eigenvalue weighted by Crippen LogP contribution is 2.22. The molecule has 0 aliphatic carbocycles. The number of methoxy groups -OCH3 is 1. The van der Waals surface area contributed by atoms with Crippen LogP contribution in [-0.2, 0) is 12.8 Å². The van der Waals surface area contributed by atoms with Gasteiger partial charge in [-0.15, -0.1) is 0 Å². The van der Waals surface area contributed by atoms with Crippen LogP contribution in [-0.4, -0.2) is 19.7 Å². The molecule has 1 fully saturated rings. The van der Waals surface area contributed by atoms with Gasteiger partial charge < -0.3 is 10.1 Å². The monoisotopic (exact) mass is 247 g/mol. The smallest absolute Gasteiger partial charge is 0.122 e. The average molecular weight is 247 g/mol. The lowest BCUT2D eigenvalue weighted by Gasteiger charge is -2.11. The van der Waals surface area contributed by atoms with Crippen molar-refractivity contribution >= 4 is 0 Å². The standard InChI is InChI=1S/C16H25NO/c1-3-14-12-13(9-10-16(14)18-2)6-4-7-15-8-5-11-17-15/h9-10,12,15,17H,3-8,11H2,1-2H3. The van der Waals surface area contributed by atoms with E-state index in [0.29, 0.717) is 0 Å². The Labute approximate surface area is 111 Å². The first-order chi connectivity index (χ1) is 8.83. The molecule has 1 aliphatic rings. The van der Waals surface area contributed by atoms with Crippen LogP contribution >= 0.6 is 0 Å². The third-order valence-electron chi connectivity index (χ3n) is 3.91. The van der Waals surface area contributed by atoms with Crippen molar-refractivity contribution in [2.75, 3.05) is 13.7 Å². The highest BCUT2D eigenvalue weighted by atomic mass is 16.5. The fourth-order valence-corrected chi connectivity index (χ4v) is 2.82. The molecule has 2 rings (SSSR count). The molecule has 1 atom stereocenters. The lowest BCUT2D eigenvalue weighted by Crippen LogP contribution is -2.21. The minimum Gasteiger partial charge on any atom is -0.496 e. The third-order valence-corrected chi connectivity index (χ3v) is 3.91. The predicted octanol–water partition coefficient (Wildman–Crippen LogP) is 3.33. The first kappa shape index (κ1) is 13.4. The second kappa shape index (κ2) is 6.79. The minimum atomic E-state index is 0.772. The van der Waals surface area contributed by atoms with Crippen molar-refractivity contribution < 1.29 is 4.74 Å². The van der Waals surface area contributed by atoms with Crippen LogP contribution in [0.5, 0.6) is 5.75 Å². The normalized spacial score (nSPS) is 19.1. The van der Waals surface area contributed by atoms with Crippen molar-refractivity contribution in [2.45, 2.75) is 51.5 Å². The molecule has 0 spiro atoms. The summed E-state index contributed by atoms with van der Waals surface area (Å²) in [6, 6.07) is 7.40. The Morgan fingerprint density at radius 2 is 2.28 bits per heavy atom. The molecule has 1 heterocycles. The maximum Gasteiger partial charge on any atom is 0.122 e. The van der Waals surface area contributed by atoms with Crippen LogP contribution in [0.4, 0.5) is 0 Å². The summed E-state index contributed by atoms with van der Waals surface area (Å²) < 4.78 is 5.37. The number of aryl methyl sites for hydroxylation is 2. The molecule has 0 aromatic heterocycles. The van der Waals surface area contributed by atoms with Gasteiger partial charge in [0.15, 0.2) is 0 Å². The van der Waals surface area contributed by atoms with E-state index in [0.717, 1.165) is 18.2 Å². The Morgan fingerprint density at radius 3 is 2.94 bits per heavy atom. The van der Waals surface area contributed by atoms with Crippen LogP contribution in [0.2, 0.25) is 0 Å². The van der Waals surface area contributed by atoms with Gasteiger partial charge in [0.1, 0.15) is 5.75 Å². The van der Waals surface area contributed by atoms with Crippen molar-refractivity contribution in [3.63, 3.8) is 0 Å². The summed E-state index contributed by atoms with van der Waals surface area (Å²) in [5.74, 6) is 1.03. The molecule has 0 amide bonds. The van der Waals surface area contributed by atoms with E-state index >= 15 is 0 Å². The predicted molar refractivity (Wildman–Crippen MR) is 76.3 cm³/mol. The van der Waals surface area contributed by atoms with E-state index in [1.165, 1.54) is 49.8 Å². The van der Waals surface area contributed by atoms with Crippen molar-refractivity contribution in [3.05, 3.63) is 29.3 Å². The fourth-order valence-electron chi connectivity index (χ4n) is 2.82. The molecule has 1 aliphatic heterocycles. The zero-order valence-corrected chi connectivity index (χ0v) is 11.7. The number of nitrogens with one attached hydrogen (secondary N) is 1. The molecular formula is C16H25NO. The van der Waals surface area contributed by atoms with Gasteiger partial charge in [-0.05, 0) is 62.3 Å². The largest absolute Gasteiger partial charge is 0.496 e. The highest BCUT2D eigenvalue weighted by molar-refractivity contribution is 5.37. The molecule has 1 aromatic rings. The van der Waals surface area contributed by atoms with E-state index in [-0.39, 0.29) is 0 Å². The summed E-state index contributed by atoms with van der Waals surface area (Å²) in [7, 11) is 1.75. The molecule has 1 unspecified atom stereocenters. The molecule has 1 aromatic carbocycles. The van der Waals surface area contributed by atoms with Gasteiger partial charge in [0, 0.05) is 6.04 Å². The molecule has 2 nitrogen and oxygen atoms in total. The number of rotatable bonds is 6. The van der Waals surface area contributed by atoms with Crippen LogP contribution in [0.25, 0.3) is 0 Å². The van der Waals surface area contributed by atoms with E-state index in [2.05, 4.69) is 30.4 Å². The molecule has 100 valence electrons. The Kier molecular flexibility index (Phi) is 5.06. The first-order valence-electron chi connectivity index (χ1n) is 7.22. The lowest BCUT2D eigenvalue weighted by atomic mass is 10.0. The lowest BCUT2D eigenvalue weighted by molar-refractivity contribution is 0.410. The van der Waals surface area contributed by atoms with Gasteiger partial charge in [-0.3, -0.25) is 0 Å². The summed E-state index contributed by atoms with van der Waals surface area (Å²) in [6.45, 7) is 3.40. The third kappa shape index (κ3) is 3.49. The zero-order valence-electron chi connectivity index (χ0n) is 11.7. The van der Waals surface area contributed by atoms with Gasteiger partial charge in [0.2, 0.25) is 0 Å². The second-order valence-corrected chi connectivity index (χ2v) is 5.19. The Hall–Kier alpha value is -1.02. The number of ether oxygens (including phenoxy) is 1. The molecule has 0 radical (unpaired) electrons. The Balaban J connectivity index is 1.84. The van der Waals surface area contributed by atoms with E-state index in [1.807, 2.05) is 0 Å². The van der Waals surface area contributed by atoms with E-state index in [9.17, 15) is 0 Å². The summed E-state index contributed by atoms with van der Waals surface area (Å²) in [5, 5.41) is 3.56. The quantitative estimate of drug-likeness (QED) is 0.832.